The van der Waals surface area contributed by atoms with E-state index in [1.165, 1.54) is 36.1 Å². The molecule has 1 N–H and O–H groups in total. The average molecular weight is 318 g/mol. The molecule has 3 nitrogen and oxygen atoms in total. The maximum atomic E-state index is 9.58. The minimum absolute atomic E-state index is 0.290. The van der Waals surface area contributed by atoms with E-state index in [4.69, 9.17) is 5.10 Å². The van der Waals surface area contributed by atoms with E-state index in [0.29, 0.717) is 11.8 Å². The summed E-state index contributed by atoms with van der Waals surface area (Å²) in [7, 11) is 0. The lowest BCUT2D eigenvalue weighted by atomic mass is 9.92. The van der Waals surface area contributed by atoms with Gasteiger partial charge in [0.05, 0.1) is 17.4 Å². The summed E-state index contributed by atoms with van der Waals surface area (Å²) in [5.41, 5.74) is 5.90. The second-order valence-electron chi connectivity index (χ2n) is 6.47. The molecular formula is C21H22N2O. The summed E-state index contributed by atoms with van der Waals surface area (Å²) in [5, 5.41) is 14.6. The van der Waals surface area contributed by atoms with E-state index in [0.717, 1.165) is 17.7 Å². The van der Waals surface area contributed by atoms with E-state index >= 15 is 0 Å². The fourth-order valence-electron chi connectivity index (χ4n) is 3.45. The maximum Gasteiger partial charge on any atom is 0.115 e. The lowest BCUT2D eigenvalue weighted by Crippen LogP contribution is -2.19. The number of benzene rings is 2. The van der Waals surface area contributed by atoms with Crippen LogP contribution in [0.4, 0.5) is 0 Å². The van der Waals surface area contributed by atoms with Crippen molar-refractivity contribution in [1.29, 1.82) is 0 Å². The Balaban J connectivity index is 1.92. The molecule has 4 rings (SSSR count). The predicted octanol–water partition coefficient (Wildman–Crippen LogP) is 5.21. The number of phenols is 1. The molecule has 1 saturated carbocycles. The molecule has 122 valence electrons. The molecule has 0 atom stereocenters. The second-order valence-corrected chi connectivity index (χ2v) is 6.47. The molecule has 0 spiro atoms. The largest absolute Gasteiger partial charge is 0.508 e. The Labute approximate surface area is 142 Å². The van der Waals surface area contributed by atoms with Gasteiger partial charge in [-0.05, 0) is 49.9 Å². The summed E-state index contributed by atoms with van der Waals surface area (Å²) in [6, 6.07) is 18.5. The first-order chi connectivity index (χ1) is 11.8. The molecule has 0 unspecified atom stereocenters. The Kier molecular flexibility index (Phi) is 3.85. The van der Waals surface area contributed by atoms with Crippen LogP contribution in [0, 0.1) is 0 Å². The highest BCUT2D eigenvalue weighted by Gasteiger charge is 2.27. The van der Waals surface area contributed by atoms with Crippen molar-refractivity contribution in [1.82, 2.24) is 9.78 Å². The van der Waals surface area contributed by atoms with Crippen LogP contribution < -0.4 is 0 Å². The van der Waals surface area contributed by atoms with Crippen molar-refractivity contribution in [2.45, 2.75) is 38.6 Å². The molecule has 3 aromatic rings. The number of hydrogen-bond acceptors (Lipinski definition) is 2. The first-order valence-corrected chi connectivity index (χ1v) is 8.74. The average Bonchev–Trinajstić information content (AvgIpc) is 2.93. The summed E-state index contributed by atoms with van der Waals surface area (Å²) >= 11 is 0. The minimum atomic E-state index is 0.290. The number of aromatic hydroxyl groups is 1. The van der Waals surface area contributed by atoms with Gasteiger partial charge < -0.3 is 5.11 Å². The fraction of sp³-hybridized carbons (Fsp3) is 0.286. The van der Waals surface area contributed by atoms with Crippen molar-refractivity contribution in [3.05, 3.63) is 60.2 Å². The van der Waals surface area contributed by atoms with E-state index in [1.807, 2.05) is 12.1 Å². The normalized spacial score (nSPS) is 14.5. The van der Waals surface area contributed by atoms with E-state index in [2.05, 4.69) is 41.9 Å². The Bertz CT molecular complexity index is 830. The van der Waals surface area contributed by atoms with E-state index in [9.17, 15) is 5.11 Å². The lowest BCUT2D eigenvalue weighted by Gasteiger charge is -2.27. The molecule has 1 aromatic heterocycles. The maximum absolute atomic E-state index is 9.58. The molecule has 0 bridgehead atoms. The Morgan fingerprint density at radius 1 is 1.00 bits per heavy atom. The van der Waals surface area contributed by atoms with Gasteiger partial charge in [-0.3, -0.25) is 4.68 Å². The minimum Gasteiger partial charge on any atom is -0.508 e. The molecule has 24 heavy (non-hydrogen) atoms. The van der Waals surface area contributed by atoms with E-state index in [-0.39, 0.29) is 0 Å². The smallest absolute Gasteiger partial charge is 0.115 e. The van der Waals surface area contributed by atoms with Crippen molar-refractivity contribution in [3.8, 4) is 28.3 Å². The SMILES string of the molecule is CCc1c(-c2ccc(O)cc2)nn(C2CCC2)c1-c1ccccc1. The third-order valence-corrected chi connectivity index (χ3v) is 4.97. The first kappa shape index (κ1) is 15.0. The van der Waals surface area contributed by atoms with Crippen LogP contribution in [0.1, 0.15) is 37.8 Å². The Morgan fingerprint density at radius 2 is 1.71 bits per heavy atom. The van der Waals surface area contributed by atoms with Crippen molar-refractivity contribution >= 4 is 0 Å². The lowest BCUT2D eigenvalue weighted by molar-refractivity contribution is 0.292. The highest BCUT2D eigenvalue weighted by atomic mass is 16.3. The second kappa shape index (κ2) is 6.16. The van der Waals surface area contributed by atoms with Crippen molar-refractivity contribution in [2.75, 3.05) is 0 Å². The quantitative estimate of drug-likeness (QED) is 0.717. The summed E-state index contributed by atoms with van der Waals surface area (Å²) in [6.45, 7) is 2.19. The number of phenolic OH excluding ortho intramolecular Hbond substituents is 1. The van der Waals surface area contributed by atoms with Gasteiger partial charge in [0.1, 0.15) is 5.75 Å². The van der Waals surface area contributed by atoms with Crippen LogP contribution in [0.5, 0.6) is 5.75 Å². The zero-order valence-corrected chi connectivity index (χ0v) is 13.9. The molecule has 1 aliphatic rings. The Hall–Kier alpha value is -2.55. The highest BCUT2D eigenvalue weighted by Crippen LogP contribution is 2.40. The fourth-order valence-corrected chi connectivity index (χ4v) is 3.45. The van der Waals surface area contributed by atoms with Gasteiger partial charge in [-0.1, -0.05) is 37.3 Å². The summed E-state index contributed by atoms with van der Waals surface area (Å²) < 4.78 is 2.25. The van der Waals surface area contributed by atoms with Gasteiger partial charge in [0.25, 0.3) is 0 Å². The van der Waals surface area contributed by atoms with Crippen LogP contribution in [-0.4, -0.2) is 14.9 Å². The van der Waals surface area contributed by atoms with Crippen molar-refractivity contribution in [3.63, 3.8) is 0 Å². The Morgan fingerprint density at radius 3 is 2.29 bits per heavy atom. The van der Waals surface area contributed by atoms with Crippen LogP contribution in [0.25, 0.3) is 22.5 Å². The van der Waals surface area contributed by atoms with Gasteiger partial charge in [0.15, 0.2) is 0 Å². The standard InChI is InChI=1S/C21H22N2O/c1-2-19-20(15-11-13-18(24)14-12-15)22-23(17-9-6-10-17)21(19)16-7-4-3-5-8-16/h3-5,7-8,11-14,17,24H,2,6,9-10H2,1H3. The molecule has 0 radical (unpaired) electrons. The van der Waals surface area contributed by atoms with Gasteiger partial charge in [-0.25, -0.2) is 0 Å². The topological polar surface area (TPSA) is 38.1 Å². The number of hydrogen-bond donors (Lipinski definition) is 1. The highest BCUT2D eigenvalue weighted by molar-refractivity contribution is 5.75. The molecule has 1 heterocycles. The predicted molar refractivity (Wildman–Crippen MR) is 97.0 cm³/mol. The van der Waals surface area contributed by atoms with Crippen LogP contribution in [0.3, 0.4) is 0 Å². The van der Waals surface area contributed by atoms with Crippen LogP contribution in [0.2, 0.25) is 0 Å². The van der Waals surface area contributed by atoms with Crippen molar-refractivity contribution in [2.24, 2.45) is 0 Å². The van der Waals surface area contributed by atoms with E-state index in [1.54, 1.807) is 12.1 Å². The molecule has 2 aromatic carbocycles. The number of aromatic nitrogens is 2. The van der Waals surface area contributed by atoms with Gasteiger partial charge in [0, 0.05) is 16.7 Å². The van der Waals surface area contributed by atoms with Crippen LogP contribution in [0.15, 0.2) is 54.6 Å². The summed E-state index contributed by atoms with van der Waals surface area (Å²) in [4.78, 5) is 0. The third-order valence-electron chi connectivity index (χ3n) is 4.97. The molecule has 3 heteroatoms. The van der Waals surface area contributed by atoms with Gasteiger partial charge in [-0.2, -0.15) is 5.10 Å². The molecular weight excluding hydrogens is 296 g/mol. The zero-order valence-electron chi connectivity index (χ0n) is 13.9. The molecule has 1 aliphatic carbocycles. The third kappa shape index (κ3) is 2.50. The van der Waals surface area contributed by atoms with Crippen LogP contribution >= 0.6 is 0 Å². The number of nitrogens with zero attached hydrogens (tertiary/aromatic N) is 2. The van der Waals surface area contributed by atoms with Crippen LogP contribution in [-0.2, 0) is 6.42 Å². The monoisotopic (exact) mass is 318 g/mol. The van der Waals surface area contributed by atoms with Gasteiger partial charge in [0.2, 0.25) is 0 Å². The zero-order chi connectivity index (χ0) is 16.5. The summed E-state index contributed by atoms with van der Waals surface area (Å²) in [6.07, 6.45) is 4.64. The number of rotatable bonds is 4. The van der Waals surface area contributed by atoms with Crippen molar-refractivity contribution < 1.29 is 5.11 Å². The summed E-state index contributed by atoms with van der Waals surface area (Å²) in [5.74, 6) is 0.290. The first-order valence-electron chi connectivity index (χ1n) is 8.74. The van der Waals surface area contributed by atoms with Gasteiger partial charge >= 0.3 is 0 Å². The van der Waals surface area contributed by atoms with Gasteiger partial charge in [-0.15, -0.1) is 0 Å². The molecule has 0 saturated heterocycles. The molecule has 1 fully saturated rings. The molecule has 0 aliphatic heterocycles. The molecule has 0 amide bonds. The van der Waals surface area contributed by atoms with E-state index < -0.39 is 0 Å².